The molecule has 1 aromatic carbocycles. The van der Waals surface area contributed by atoms with Gasteiger partial charge >= 0.3 is 0 Å². The summed E-state index contributed by atoms with van der Waals surface area (Å²) >= 11 is 1.74. The summed E-state index contributed by atoms with van der Waals surface area (Å²) in [5.41, 5.74) is 4.47. The number of benzene rings is 1. The molecule has 0 radical (unpaired) electrons. The Labute approximate surface area is 175 Å². The molecule has 3 aromatic rings. The van der Waals surface area contributed by atoms with Crippen LogP contribution in [0.25, 0.3) is 11.4 Å². The van der Waals surface area contributed by atoms with E-state index in [1.807, 2.05) is 36.0 Å². The maximum atomic E-state index is 11.6. The van der Waals surface area contributed by atoms with E-state index in [0.29, 0.717) is 0 Å². The molecule has 3 heterocycles. The summed E-state index contributed by atoms with van der Waals surface area (Å²) in [6, 6.07) is 10.0. The highest BCUT2D eigenvalue weighted by atomic mass is 32.2. The fourth-order valence-electron chi connectivity index (χ4n) is 3.66. The quantitative estimate of drug-likeness (QED) is 0.339. The minimum Gasteiger partial charge on any atom is -0.305 e. The van der Waals surface area contributed by atoms with Crippen molar-refractivity contribution in [2.75, 3.05) is 18.8 Å². The van der Waals surface area contributed by atoms with Crippen molar-refractivity contribution in [3.05, 3.63) is 59.4 Å². The second kappa shape index (κ2) is 8.88. The molecular weight excluding hydrogens is 382 g/mol. The van der Waals surface area contributed by atoms with Crippen LogP contribution < -0.4 is 0 Å². The molecule has 0 bridgehead atoms. The third-order valence-corrected chi connectivity index (χ3v) is 6.42. The maximum absolute atomic E-state index is 11.6. The number of hydrogen-bond donors (Lipinski definition) is 0. The van der Waals surface area contributed by atoms with Gasteiger partial charge in [-0.15, -0.1) is 10.2 Å². The lowest BCUT2D eigenvalue weighted by Crippen LogP contribution is -2.31. The highest BCUT2D eigenvalue weighted by Gasteiger charge is 2.17. The molecule has 0 N–H and O–H groups in total. The maximum Gasteiger partial charge on any atom is 0.191 e. The first-order valence-electron chi connectivity index (χ1n) is 9.89. The van der Waals surface area contributed by atoms with Gasteiger partial charge < -0.3 is 4.57 Å². The van der Waals surface area contributed by atoms with Crippen molar-refractivity contribution in [2.24, 2.45) is 7.05 Å². The molecule has 0 amide bonds. The Morgan fingerprint density at radius 3 is 2.90 bits per heavy atom. The second-order valence-electron chi connectivity index (χ2n) is 7.37. The van der Waals surface area contributed by atoms with Gasteiger partial charge in [0.15, 0.2) is 16.8 Å². The van der Waals surface area contributed by atoms with Crippen LogP contribution in [0.15, 0.2) is 47.9 Å². The summed E-state index contributed by atoms with van der Waals surface area (Å²) < 4.78 is 2.03. The number of pyridine rings is 1. The van der Waals surface area contributed by atoms with Gasteiger partial charge in [-0.2, -0.15) is 0 Å². The lowest BCUT2D eigenvalue weighted by atomic mass is 9.96. The third-order valence-electron chi connectivity index (χ3n) is 5.31. The van der Waals surface area contributed by atoms with E-state index in [1.165, 1.54) is 11.1 Å². The third kappa shape index (κ3) is 4.57. The van der Waals surface area contributed by atoms with Crippen LogP contribution in [0.4, 0.5) is 0 Å². The number of thioether (sulfide) groups is 1. The topological polar surface area (TPSA) is 63.9 Å². The van der Waals surface area contributed by atoms with Crippen LogP contribution in [0, 0.1) is 0 Å². The van der Waals surface area contributed by atoms with Gasteiger partial charge in [-0.05, 0) is 55.6 Å². The Bertz CT molecular complexity index is 1000. The van der Waals surface area contributed by atoms with E-state index in [-0.39, 0.29) is 5.78 Å². The van der Waals surface area contributed by atoms with Crippen LogP contribution in [0.3, 0.4) is 0 Å². The fourth-order valence-corrected chi connectivity index (χ4v) is 4.50. The molecular formula is C22H25N5OS. The molecule has 0 aliphatic carbocycles. The van der Waals surface area contributed by atoms with E-state index in [0.717, 1.165) is 60.3 Å². The zero-order valence-corrected chi connectivity index (χ0v) is 17.7. The highest BCUT2D eigenvalue weighted by Crippen LogP contribution is 2.24. The summed E-state index contributed by atoms with van der Waals surface area (Å²) in [4.78, 5) is 18.3. The minimum absolute atomic E-state index is 0.135. The first-order chi connectivity index (χ1) is 14.1. The van der Waals surface area contributed by atoms with Crippen molar-refractivity contribution in [2.45, 2.75) is 31.5 Å². The molecule has 0 spiro atoms. The number of ketones is 1. The number of aromatic nitrogens is 4. The van der Waals surface area contributed by atoms with Gasteiger partial charge in [-0.25, -0.2) is 0 Å². The summed E-state index contributed by atoms with van der Waals surface area (Å²) in [6.07, 6.45) is 5.71. The van der Waals surface area contributed by atoms with E-state index >= 15 is 0 Å². The Morgan fingerprint density at radius 1 is 1.21 bits per heavy atom. The summed E-state index contributed by atoms with van der Waals surface area (Å²) in [7, 11) is 2.00. The van der Waals surface area contributed by atoms with Crippen molar-refractivity contribution in [3.8, 4) is 11.4 Å². The summed E-state index contributed by atoms with van der Waals surface area (Å²) in [5.74, 6) is 1.97. The van der Waals surface area contributed by atoms with Gasteiger partial charge in [-0.3, -0.25) is 14.7 Å². The van der Waals surface area contributed by atoms with Gasteiger partial charge in [0.1, 0.15) is 0 Å². The minimum atomic E-state index is 0.135. The van der Waals surface area contributed by atoms with Crippen LogP contribution in [0.2, 0.25) is 0 Å². The molecule has 7 heteroatoms. The van der Waals surface area contributed by atoms with Crippen molar-refractivity contribution in [3.63, 3.8) is 0 Å². The van der Waals surface area contributed by atoms with Gasteiger partial charge in [0, 0.05) is 49.4 Å². The Hall–Kier alpha value is -2.51. The molecule has 0 atom stereocenters. The van der Waals surface area contributed by atoms with Crippen molar-refractivity contribution < 1.29 is 4.79 Å². The average Bonchev–Trinajstić information content (AvgIpc) is 3.11. The average molecular weight is 408 g/mol. The number of rotatable bonds is 7. The largest absolute Gasteiger partial charge is 0.305 e. The summed E-state index contributed by atoms with van der Waals surface area (Å²) in [5, 5.41) is 9.58. The number of carbonyl (C=O) groups excluding carboxylic acids is 1. The smallest absolute Gasteiger partial charge is 0.191 e. The predicted octanol–water partition coefficient (Wildman–Crippen LogP) is 3.62. The van der Waals surface area contributed by atoms with E-state index in [9.17, 15) is 4.79 Å². The molecule has 0 saturated carbocycles. The first kappa shape index (κ1) is 19.8. The first-order valence-corrected chi connectivity index (χ1v) is 10.9. The monoisotopic (exact) mass is 407 g/mol. The zero-order valence-electron chi connectivity index (χ0n) is 16.8. The van der Waals surface area contributed by atoms with E-state index in [2.05, 4.69) is 32.2 Å². The van der Waals surface area contributed by atoms with Crippen LogP contribution in [-0.4, -0.2) is 49.3 Å². The van der Waals surface area contributed by atoms with Gasteiger partial charge in [0.25, 0.3) is 0 Å². The molecule has 0 saturated heterocycles. The molecule has 0 unspecified atom stereocenters. The van der Waals surface area contributed by atoms with Crippen molar-refractivity contribution >= 4 is 17.5 Å². The zero-order chi connectivity index (χ0) is 20.2. The standard InChI is InChI=1S/C22H25N5OS/c1-16(28)18-7-6-17-8-11-27(15-20(17)13-18)10-4-12-29-22-25-24-21(26(22)2)19-5-3-9-23-14-19/h3,5-7,9,13-14H,4,8,10-12,15H2,1-2H3. The van der Waals surface area contributed by atoms with Crippen molar-refractivity contribution in [1.82, 2.24) is 24.6 Å². The predicted molar refractivity (Wildman–Crippen MR) is 115 cm³/mol. The van der Waals surface area contributed by atoms with E-state index in [4.69, 9.17) is 0 Å². The summed E-state index contributed by atoms with van der Waals surface area (Å²) in [6.45, 7) is 4.68. The van der Waals surface area contributed by atoms with Crippen LogP contribution >= 0.6 is 11.8 Å². The van der Waals surface area contributed by atoms with E-state index < -0.39 is 0 Å². The van der Waals surface area contributed by atoms with Crippen LogP contribution in [-0.2, 0) is 20.0 Å². The molecule has 4 rings (SSSR count). The fraction of sp³-hybridized carbons (Fsp3) is 0.364. The molecule has 29 heavy (non-hydrogen) atoms. The second-order valence-corrected chi connectivity index (χ2v) is 8.44. The van der Waals surface area contributed by atoms with Gasteiger partial charge in [0.2, 0.25) is 0 Å². The molecule has 150 valence electrons. The number of fused-ring (bicyclic) bond motifs is 1. The van der Waals surface area contributed by atoms with Crippen LogP contribution in [0.1, 0.15) is 34.8 Å². The van der Waals surface area contributed by atoms with Gasteiger partial charge in [0.05, 0.1) is 0 Å². The number of hydrogen-bond acceptors (Lipinski definition) is 6. The molecule has 1 aliphatic rings. The molecule has 1 aliphatic heterocycles. The Morgan fingerprint density at radius 2 is 2.10 bits per heavy atom. The number of carbonyl (C=O) groups is 1. The lowest BCUT2D eigenvalue weighted by molar-refractivity contribution is 0.101. The lowest BCUT2D eigenvalue weighted by Gasteiger charge is -2.29. The van der Waals surface area contributed by atoms with Gasteiger partial charge in [-0.1, -0.05) is 23.9 Å². The molecule has 6 nitrogen and oxygen atoms in total. The van der Waals surface area contributed by atoms with E-state index in [1.54, 1.807) is 24.9 Å². The molecule has 2 aromatic heterocycles. The molecule has 0 fully saturated rings. The number of Topliss-reactive ketones (excluding diaryl/α,β-unsaturated/α-hetero) is 1. The normalized spacial score (nSPS) is 14.0. The Balaban J connectivity index is 1.29. The Kier molecular flexibility index (Phi) is 6.06. The SMILES string of the molecule is CC(=O)c1ccc2c(c1)CN(CCCSc1nnc(-c3cccnc3)n1C)CC2. The number of nitrogens with zero attached hydrogens (tertiary/aromatic N) is 5. The highest BCUT2D eigenvalue weighted by molar-refractivity contribution is 7.99. The van der Waals surface area contributed by atoms with Crippen molar-refractivity contribution in [1.29, 1.82) is 0 Å². The van der Waals surface area contributed by atoms with Crippen LogP contribution in [0.5, 0.6) is 0 Å².